The molecule has 2 saturated carbocycles. The highest BCUT2D eigenvalue weighted by Gasteiger charge is 2.46. The SMILES string of the molecule is CC1CCC(C2COC(C3CCC(C(F)(F)Oc4ccc(-c5ccc(OC(F)(F)F)c(F)c5)cc4)CC3)OC2)CC1. The first-order valence-corrected chi connectivity index (χ1v) is 14.4. The second kappa shape index (κ2) is 12.4. The smallest absolute Gasteiger partial charge is 0.432 e. The normalized spacial score (nSPS) is 29.6. The van der Waals surface area contributed by atoms with E-state index in [0.29, 0.717) is 43.5 Å². The first-order valence-electron chi connectivity index (χ1n) is 14.4. The summed E-state index contributed by atoms with van der Waals surface area (Å²) in [6.07, 6.45) is -2.07. The average molecular weight is 587 g/mol. The minimum absolute atomic E-state index is 0.0551. The van der Waals surface area contributed by atoms with Crippen molar-refractivity contribution in [3.05, 3.63) is 48.3 Å². The molecule has 3 aliphatic rings. The van der Waals surface area contributed by atoms with Crippen LogP contribution in [-0.4, -0.2) is 32.0 Å². The molecule has 0 radical (unpaired) electrons. The molecule has 2 aromatic rings. The van der Waals surface area contributed by atoms with Crippen molar-refractivity contribution >= 4 is 0 Å². The van der Waals surface area contributed by atoms with Crippen molar-refractivity contribution in [3.8, 4) is 22.6 Å². The van der Waals surface area contributed by atoms with Crippen molar-refractivity contribution in [1.82, 2.24) is 0 Å². The van der Waals surface area contributed by atoms with Crippen LogP contribution in [0.15, 0.2) is 42.5 Å². The topological polar surface area (TPSA) is 36.9 Å². The Labute approximate surface area is 236 Å². The largest absolute Gasteiger partial charge is 0.573 e. The van der Waals surface area contributed by atoms with Gasteiger partial charge >= 0.3 is 12.5 Å². The van der Waals surface area contributed by atoms with Crippen molar-refractivity contribution in [1.29, 1.82) is 0 Å². The zero-order valence-electron chi connectivity index (χ0n) is 23.0. The highest BCUT2D eigenvalue weighted by molar-refractivity contribution is 5.65. The molecule has 4 nitrogen and oxygen atoms in total. The zero-order chi connectivity index (χ0) is 29.2. The van der Waals surface area contributed by atoms with Crippen LogP contribution in [0.3, 0.4) is 0 Å². The molecule has 2 aromatic carbocycles. The molecule has 2 aliphatic carbocycles. The van der Waals surface area contributed by atoms with Gasteiger partial charge in [-0.15, -0.1) is 13.2 Å². The van der Waals surface area contributed by atoms with Gasteiger partial charge in [-0.1, -0.05) is 38.0 Å². The van der Waals surface area contributed by atoms with E-state index in [9.17, 15) is 17.6 Å². The summed E-state index contributed by atoms with van der Waals surface area (Å²) in [6.45, 7) is 3.66. The zero-order valence-corrected chi connectivity index (χ0v) is 23.0. The molecule has 0 amide bonds. The molecule has 0 spiro atoms. The number of ether oxygens (including phenoxy) is 4. The summed E-state index contributed by atoms with van der Waals surface area (Å²) in [7, 11) is 0. The van der Waals surface area contributed by atoms with Gasteiger partial charge in [0.15, 0.2) is 17.9 Å². The number of hydrogen-bond donors (Lipinski definition) is 0. The summed E-state index contributed by atoms with van der Waals surface area (Å²) in [5.74, 6) is -1.20. The van der Waals surface area contributed by atoms with E-state index in [1.165, 1.54) is 56.0 Å². The Balaban J connectivity index is 1.10. The van der Waals surface area contributed by atoms with Crippen LogP contribution in [0.25, 0.3) is 11.1 Å². The molecule has 5 rings (SSSR count). The van der Waals surface area contributed by atoms with Crippen LogP contribution in [0.4, 0.5) is 26.3 Å². The van der Waals surface area contributed by atoms with E-state index >= 15 is 8.78 Å². The Morgan fingerprint density at radius 3 is 1.85 bits per heavy atom. The summed E-state index contributed by atoms with van der Waals surface area (Å²) < 4.78 is 102. The Morgan fingerprint density at radius 1 is 0.683 bits per heavy atom. The van der Waals surface area contributed by atoms with Crippen LogP contribution in [0, 0.1) is 35.4 Å². The van der Waals surface area contributed by atoms with Gasteiger partial charge in [0.05, 0.1) is 19.1 Å². The summed E-state index contributed by atoms with van der Waals surface area (Å²) in [4.78, 5) is 0. The molecule has 0 atom stereocenters. The van der Waals surface area contributed by atoms with Crippen LogP contribution in [0.1, 0.15) is 58.3 Å². The van der Waals surface area contributed by atoms with Gasteiger partial charge in [-0.05, 0) is 85.8 Å². The van der Waals surface area contributed by atoms with Gasteiger partial charge in [-0.25, -0.2) is 4.39 Å². The Morgan fingerprint density at radius 2 is 1.27 bits per heavy atom. The molecule has 3 fully saturated rings. The lowest BCUT2D eigenvalue weighted by molar-refractivity contribution is -0.275. The highest BCUT2D eigenvalue weighted by atomic mass is 19.4. The molecule has 0 aromatic heterocycles. The maximum absolute atomic E-state index is 15.1. The molecule has 226 valence electrons. The van der Waals surface area contributed by atoms with Crippen molar-refractivity contribution in [2.75, 3.05) is 13.2 Å². The fraction of sp³-hybridized carbons (Fsp3) is 0.613. The standard InChI is InChI=1S/C31H36F6O4/c1-19-2-4-21(5-3-19)24-17-38-29(39-18-24)22-6-11-25(12-7-22)30(33,34)40-26-13-8-20(9-14-26)23-10-15-28(27(32)16-23)41-31(35,36)37/h8-10,13-16,19,21-22,24-25,29H,2-7,11-12,17-18H2,1H3. The Kier molecular flexibility index (Phi) is 9.09. The van der Waals surface area contributed by atoms with Gasteiger partial charge in [-0.2, -0.15) is 8.78 Å². The van der Waals surface area contributed by atoms with E-state index in [1.807, 2.05) is 0 Å². The number of rotatable bonds is 7. The van der Waals surface area contributed by atoms with Crippen LogP contribution in [-0.2, 0) is 9.47 Å². The van der Waals surface area contributed by atoms with E-state index in [4.69, 9.17) is 14.2 Å². The van der Waals surface area contributed by atoms with Crippen LogP contribution < -0.4 is 9.47 Å². The van der Waals surface area contributed by atoms with Crippen molar-refractivity contribution in [2.24, 2.45) is 29.6 Å². The molecule has 1 aliphatic heterocycles. The van der Waals surface area contributed by atoms with E-state index in [-0.39, 0.29) is 36.4 Å². The molecular weight excluding hydrogens is 550 g/mol. The highest BCUT2D eigenvalue weighted by Crippen LogP contribution is 2.43. The minimum Gasteiger partial charge on any atom is -0.432 e. The van der Waals surface area contributed by atoms with Gasteiger partial charge < -0.3 is 18.9 Å². The van der Waals surface area contributed by atoms with E-state index in [1.54, 1.807) is 0 Å². The van der Waals surface area contributed by atoms with Crippen molar-refractivity contribution in [2.45, 2.75) is 77.1 Å². The monoisotopic (exact) mass is 586 g/mol. The van der Waals surface area contributed by atoms with Gasteiger partial charge in [0.2, 0.25) is 0 Å². The third-order valence-electron chi connectivity index (χ3n) is 8.91. The minimum atomic E-state index is -5.01. The van der Waals surface area contributed by atoms with Crippen LogP contribution in [0.2, 0.25) is 0 Å². The maximum atomic E-state index is 15.1. The summed E-state index contributed by atoms with van der Waals surface area (Å²) in [5, 5.41) is 0. The quantitative estimate of drug-likeness (QED) is 0.304. The number of halogens is 6. The molecule has 10 heteroatoms. The lowest BCUT2D eigenvalue weighted by atomic mass is 9.76. The Hall–Kier alpha value is -2.46. The molecule has 0 N–H and O–H groups in total. The summed E-state index contributed by atoms with van der Waals surface area (Å²) >= 11 is 0. The molecule has 0 unspecified atom stereocenters. The van der Waals surface area contributed by atoms with E-state index < -0.39 is 30.0 Å². The molecule has 0 bridgehead atoms. The first kappa shape index (κ1) is 30.0. The van der Waals surface area contributed by atoms with Crippen LogP contribution >= 0.6 is 0 Å². The lowest BCUT2D eigenvalue weighted by Crippen LogP contribution is -2.43. The average Bonchev–Trinajstić information content (AvgIpc) is 2.94. The fourth-order valence-corrected chi connectivity index (χ4v) is 6.41. The predicted molar refractivity (Wildman–Crippen MR) is 140 cm³/mol. The van der Waals surface area contributed by atoms with E-state index in [2.05, 4.69) is 11.7 Å². The number of benzene rings is 2. The first-order chi connectivity index (χ1) is 19.5. The van der Waals surface area contributed by atoms with E-state index in [0.717, 1.165) is 18.1 Å². The van der Waals surface area contributed by atoms with Crippen LogP contribution in [0.5, 0.6) is 11.5 Å². The maximum Gasteiger partial charge on any atom is 0.573 e. The van der Waals surface area contributed by atoms with Gasteiger partial charge in [-0.3, -0.25) is 0 Å². The predicted octanol–water partition coefficient (Wildman–Crippen LogP) is 8.98. The molecule has 41 heavy (non-hydrogen) atoms. The second-order valence-corrected chi connectivity index (χ2v) is 11.8. The second-order valence-electron chi connectivity index (χ2n) is 11.8. The third kappa shape index (κ3) is 7.69. The third-order valence-corrected chi connectivity index (χ3v) is 8.91. The van der Waals surface area contributed by atoms with Gasteiger partial charge in [0.1, 0.15) is 5.75 Å². The van der Waals surface area contributed by atoms with Gasteiger partial charge in [0.25, 0.3) is 0 Å². The molecular formula is C31H36F6O4. The molecule has 1 saturated heterocycles. The fourth-order valence-electron chi connectivity index (χ4n) is 6.41. The molecule has 1 heterocycles. The van der Waals surface area contributed by atoms with Crippen molar-refractivity contribution in [3.63, 3.8) is 0 Å². The summed E-state index contributed by atoms with van der Waals surface area (Å²) in [6, 6.07) is 8.57. The number of hydrogen-bond acceptors (Lipinski definition) is 4. The summed E-state index contributed by atoms with van der Waals surface area (Å²) in [5.41, 5.74) is 0.687. The number of alkyl halides is 5. The van der Waals surface area contributed by atoms with Gasteiger partial charge in [0, 0.05) is 11.8 Å². The van der Waals surface area contributed by atoms with Crippen molar-refractivity contribution < 1.29 is 45.3 Å². The lowest BCUT2D eigenvalue weighted by Gasteiger charge is -2.41. The Bertz CT molecular complexity index is 1130.